The third-order valence-electron chi connectivity index (χ3n) is 3.68. The van der Waals surface area contributed by atoms with Crippen molar-refractivity contribution < 1.29 is 18.8 Å². The zero-order chi connectivity index (χ0) is 15.4. The number of nitrogens with one attached hydrogen (secondary N) is 1. The van der Waals surface area contributed by atoms with Crippen molar-refractivity contribution in [3.63, 3.8) is 0 Å². The lowest BCUT2D eigenvalue weighted by atomic mass is 10.1. The van der Waals surface area contributed by atoms with Gasteiger partial charge in [0.2, 0.25) is 5.91 Å². The molecule has 1 aliphatic rings. The van der Waals surface area contributed by atoms with Gasteiger partial charge in [-0.05, 0) is 30.7 Å². The lowest BCUT2D eigenvalue weighted by Gasteiger charge is -2.07. The predicted molar refractivity (Wildman–Crippen MR) is 79.3 cm³/mol. The molecular formula is C16H18N2O4. The maximum Gasteiger partial charge on any atom is 0.225 e. The van der Waals surface area contributed by atoms with Gasteiger partial charge in [0.1, 0.15) is 11.4 Å². The molecule has 1 N–H and O–H groups in total. The highest BCUT2D eigenvalue weighted by molar-refractivity contribution is 5.78. The van der Waals surface area contributed by atoms with E-state index in [4.69, 9.17) is 14.0 Å². The van der Waals surface area contributed by atoms with Crippen LogP contribution in [0.4, 0.5) is 0 Å². The molecule has 1 amide bonds. The monoisotopic (exact) mass is 302 g/mol. The van der Waals surface area contributed by atoms with E-state index in [9.17, 15) is 4.79 Å². The van der Waals surface area contributed by atoms with Gasteiger partial charge < -0.3 is 19.3 Å². The molecule has 0 unspecified atom stereocenters. The Morgan fingerprint density at radius 2 is 2.23 bits per heavy atom. The summed E-state index contributed by atoms with van der Waals surface area (Å²) in [5.74, 6) is 1.41. The zero-order valence-corrected chi connectivity index (χ0v) is 12.4. The van der Waals surface area contributed by atoms with Crippen molar-refractivity contribution in [3.05, 3.63) is 36.0 Å². The number of nitrogens with zero attached hydrogens (tertiary/aromatic N) is 1. The summed E-state index contributed by atoms with van der Waals surface area (Å²) >= 11 is 0. The molecule has 1 aliphatic heterocycles. The Morgan fingerprint density at radius 3 is 2.91 bits per heavy atom. The molecule has 116 valence electrons. The zero-order valence-electron chi connectivity index (χ0n) is 12.4. The van der Waals surface area contributed by atoms with Crippen molar-refractivity contribution in [2.45, 2.75) is 13.0 Å². The minimum Gasteiger partial charge on any atom is -0.497 e. The van der Waals surface area contributed by atoms with Crippen molar-refractivity contribution in [3.8, 4) is 17.1 Å². The number of carbonyl (C=O) groups excluding carboxylic acids is 1. The summed E-state index contributed by atoms with van der Waals surface area (Å²) in [5, 5.41) is 6.84. The van der Waals surface area contributed by atoms with Crippen LogP contribution in [0.15, 0.2) is 34.9 Å². The summed E-state index contributed by atoms with van der Waals surface area (Å²) in [6.45, 7) is 1.51. The average Bonchev–Trinajstić information content (AvgIpc) is 3.24. The Kier molecular flexibility index (Phi) is 4.39. The van der Waals surface area contributed by atoms with Crippen molar-refractivity contribution in [2.24, 2.45) is 5.92 Å². The number of methoxy groups -OCH3 is 1. The summed E-state index contributed by atoms with van der Waals surface area (Å²) in [4.78, 5) is 11.9. The van der Waals surface area contributed by atoms with Crippen LogP contribution in [0.2, 0.25) is 0 Å². The third kappa shape index (κ3) is 3.28. The Labute approximate surface area is 128 Å². The number of hydrogen-bond acceptors (Lipinski definition) is 5. The number of ether oxygens (including phenoxy) is 2. The number of hydrogen-bond donors (Lipinski definition) is 1. The normalized spacial score (nSPS) is 17.4. The van der Waals surface area contributed by atoms with Gasteiger partial charge in [-0.2, -0.15) is 0 Å². The predicted octanol–water partition coefficient (Wildman–Crippen LogP) is 2.00. The first-order valence-corrected chi connectivity index (χ1v) is 7.22. The molecule has 3 rings (SSSR count). The molecule has 1 aromatic heterocycles. The summed E-state index contributed by atoms with van der Waals surface area (Å²) < 4.78 is 15.6. The van der Waals surface area contributed by atoms with E-state index < -0.39 is 0 Å². The minimum absolute atomic E-state index is 0.00602. The van der Waals surface area contributed by atoms with E-state index >= 15 is 0 Å². The molecule has 1 atom stereocenters. The largest absolute Gasteiger partial charge is 0.497 e. The lowest BCUT2D eigenvalue weighted by molar-refractivity contribution is -0.125. The minimum atomic E-state index is -0.0482. The van der Waals surface area contributed by atoms with Crippen molar-refractivity contribution in [2.75, 3.05) is 20.3 Å². The highest BCUT2D eigenvalue weighted by Gasteiger charge is 2.23. The maximum atomic E-state index is 11.9. The van der Waals surface area contributed by atoms with Crippen molar-refractivity contribution in [1.29, 1.82) is 0 Å². The number of aromatic nitrogens is 1. The summed E-state index contributed by atoms with van der Waals surface area (Å²) in [6, 6.07) is 9.35. The Bertz CT molecular complexity index is 630. The quantitative estimate of drug-likeness (QED) is 0.914. The second-order valence-corrected chi connectivity index (χ2v) is 5.19. The van der Waals surface area contributed by atoms with Crippen LogP contribution >= 0.6 is 0 Å². The molecule has 0 saturated carbocycles. The smallest absolute Gasteiger partial charge is 0.225 e. The Morgan fingerprint density at radius 1 is 1.41 bits per heavy atom. The SMILES string of the molecule is COc1ccc(-c2cc(CNC(=O)[C@H]3CCOC3)no2)cc1. The van der Waals surface area contributed by atoms with E-state index in [0.29, 0.717) is 31.2 Å². The van der Waals surface area contributed by atoms with Crippen molar-refractivity contribution in [1.82, 2.24) is 10.5 Å². The van der Waals surface area contributed by atoms with Gasteiger partial charge in [-0.15, -0.1) is 0 Å². The number of rotatable bonds is 5. The molecule has 1 saturated heterocycles. The molecule has 0 spiro atoms. The molecule has 6 nitrogen and oxygen atoms in total. The first kappa shape index (κ1) is 14.6. The van der Waals surface area contributed by atoms with E-state index in [0.717, 1.165) is 17.7 Å². The Hall–Kier alpha value is -2.34. The van der Waals surface area contributed by atoms with Crippen LogP contribution in [0.25, 0.3) is 11.3 Å². The topological polar surface area (TPSA) is 73.6 Å². The van der Waals surface area contributed by atoms with Gasteiger partial charge in [0.15, 0.2) is 5.76 Å². The van der Waals surface area contributed by atoms with Crippen LogP contribution in [0, 0.1) is 5.92 Å². The van der Waals surface area contributed by atoms with Gasteiger partial charge in [-0.25, -0.2) is 0 Å². The lowest BCUT2D eigenvalue weighted by Crippen LogP contribution is -2.30. The fourth-order valence-electron chi connectivity index (χ4n) is 2.35. The van der Waals surface area contributed by atoms with Gasteiger partial charge in [0.25, 0.3) is 0 Å². The van der Waals surface area contributed by atoms with E-state index in [-0.39, 0.29) is 11.8 Å². The van der Waals surface area contributed by atoms with E-state index in [1.165, 1.54) is 0 Å². The molecule has 22 heavy (non-hydrogen) atoms. The molecule has 0 bridgehead atoms. The van der Waals surface area contributed by atoms with Gasteiger partial charge in [-0.3, -0.25) is 4.79 Å². The molecular weight excluding hydrogens is 284 g/mol. The van der Waals surface area contributed by atoms with Crippen LogP contribution in [0.3, 0.4) is 0 Å². The molecule has 1 fully saturated rings. The van der Waals surface area contributed by atoms with Crippen LogP contribution < -0.4 is 10.1 Å². The van der Waals surface area contributed by atoms with E-state index in [1.807, 2.05) is 30.3 Å². The van der Waals surface area contributed by atoms with Gasteiger partial charge in [0, 0.05) is 18.2 Å². The maximum absolute atomic E-state index is 11.9. The summed E-state index contributed by atoms with van der Waals surface area (Å²) in [5.41, 5.74) is 1.60. The molecule has 2 heterocycles. The first-order valence-electron chi connectivity index (χ1n) is 7.22. The number of carbonyl (C=O) groups is 1. The highest BCUT2D eigenvalue weighted by atomic mass is 16.5. The van der Waals surface area contributed by atoms with Gasteiger partial charge in [0.05, 0.1) is 26.2 Å². The molecule has 0 aliphatic carbocycles. The average molecular weight is 302 g/mol. The van der Waals surface area contributed by atoms with Crippen LogP contribution in [-0.4, -0.2) is 31.4 Å². The van der Waals surface area contributed by atoms with E-state index in [1.54, 1.807) is 7.11 Å². The van der Waals surface area contributed by atoms with Crippen molar-refractivity contribution >= 4 is 5.91 Å². The molecule has 2 aromatic rings. The molecule has 0 radical (unpaired) electrons. The standard InChI is InChI=1S/C16H18N2O4/c1-20-14-4-2-11(3-5-14)15-8-13(18-22-15)9-17-16(19)12-6-7-21-10-12/h2-5,8,12H,6-7,9-10H2,1H3,(H,17,19)/t12-/m0/s1. The number of benzene rings is 1. The van der Waals surface area contributed by atoms with Crippen LogP contribution in [0.1, 0.15) is 12.1 Å². The second kappa shape index (κ2) is 6.62. The fraction of sp³-hybridized carbons (Fsp3) is 0.375. The third-order valence-corrected chi connectivity index (χ3v) is 3.68. The Balaban J connectivity index is 1.59. The van der Waals surface area contributed by atoms with Gasteiger partial charge in [-0.1, -0.05) is 5.16 Å². The molecule has 1 aromatic carbocycles. The summed E-state index contributed by atoms with van der Waals surface area (Å²) in [6.07, 6.45) is 0.780. The number of amides is 1. The van der Waals surface area contributed by atoms with Gasteiger partial charge >= 0.3 is 0 Å². The fourth-order valence-corrected chi connectivity index (χ4v) is 2.35. The highest BCUT2D eigenvalue weighted by Crippen LogP contribution is 2.23. The summed E-state index contributed by atoms with van der Waals surface area (Å²) in [7, 11) is 1.62. The van der Waals surface area contributed by atoms with Crippen LogP contribution in [-0.2, 0) is 16.1 Å². The second-order valence-electron chi connectivity index (χ2n) is 5.19. The first-order chi connectivity index (χ1) is 10.8. The molecule has 6 heteroatoms. The van der Waals surface area contributed by atoms with E-state index in [2.05, 4.69) is 10.5 Å². The van der Waals surface area contributed by atoms with Crippen LogP contribution in [0.5, 0.6) is 5.75 Å².